The lowest BCUT2D eigenvalue weighted by Gasteiger charge is -2.21. The van der Waals surface area contributed by atoms with Crippen molar-refractivity contribution in [3.05, 3.63) is 47.3 Å². The van der Waals surface area contributed by atoms with Gasteiger partial charge in [-0.2, -0.15) is 0 Å². The first kappa shape index (κ1) is 20.1. The summed E-state index contributed by atoms with van der Waals surface area (Å²) in [6.07, 6.45) is 0.576. The first-order valence-electron chi connectivity index (χ1n) is 8.61. The Bertz CT molecular complexity index is 1020. The average molecular weight is 408 g/mol. The van der Waals surface area contributed by atoms with Gasteiger partial charge in [0.2, 0.25) is 15.9 Å². The van der Waals surface area contributed by atoms with Crippen molar-refractivity contribution < 1.29 is 27.1 Å². The molecule has 7 nitrogen and oxygen atoms in total. The van der Waals surface area contributed by atoms with E-state index < -0.39 is 26.8 Å². The number of hydrogen-bond acceptors (Lipinski definition) is 5. The number of anilines is 1. The summed E-state index contributed by atoms with van der Waals surface area (Å²) in [7, 11) is -1.19. The van der Waals surface area contributed by atoms with Crippen molar-refractivity contribution in [1.29, 1.82) is 0 Å². The van der Waals surface area contributed by atoms with Gasteiger partial charge >= 0.3 is 0 Å². The van der Waals surface area contributed by atoms with Crippen molar-refractivity contribution in [2.24, 2.45) is 0 Å². The van der Waals surface area contributed by atoms with E-state index in [0.717, 1.165) is 6.07 Å². The number of ether oxygens (including phenoxy) is 2. The summed E-state index contributed by atoms with van der Waals surface area (Å²) >= 11 is 0. The second kappa shape index (κ2) is 7.76. The van der Waals surface area contributed by atoms with E-state index in [1.165, 1.54) is 20.3 Å². The highest BCUT2D eigenvalue weighted by Gasteiger charge is 2.27. The molecule has 2 aromatic carbocycles. The maximum Gasteiger partial charge on any atom is 0.244 e. The summed E-state index contributed by atoms with van der Waals surface area (Å²) in [6, 6.07) is 6.62. The third kappa shape index (κ3) is 3.95. The minimum Gasteiger partial charge on any atom is -0.497 e. The van der Waals surface area contributed by atoms with Crippen LogP contribution in [0, 0.1) is 5.82 Å². The number of fused-ring (bicyclic) bond motifs is 1. The summed E-state index contributed by atoms with van der Waals surface area (Å²) in [6.45, 7) is 1.63. The van der Waals surface area contributed by atoms with Crippen molar-refractivity contribution in [2.45, 2.75) is 30.7 Å². The molecule has 28 heavy (non-hydrogen) atoms. The Labute approximate surface area is 162 Å². The molecule has 1 unspecified atom stereocenters. The second-order valence-electron chi connectivity index (χ2n) is 6.44. The lowest BCUT2D eigenvalue weighted by molar-refractivity contribution is -0.116. The van der Waals surface area contributed by atoms with E-state index in [2.05, 4.69) is 10.0 Å². The molecule has 1 atom stereocenters. The van der Waals surface area contributed by atoms with Gasteiger partial charge < -0.3 is 14.8 Å². The predicted molar refractivity (Wildman–Crippen MR) is 102 cm³/mol. The van der Waals surface area contributed by atoms with Gasteiger partial charge in [0.1, 0.15) is 22.2 Å². The van der Waals surface area contributed by atoms with Crippen LogP contribution in [-0.4, -0.2) is 28.5 Å². The number of amides is 1. The Morgan fingerprint density at radius 3 is 2.57 bits per heavy atom. The fraction of sp³-hybridized carbons (Fsp3) is 0.316. The van der Waals surface area contributed by atoms with E-state index in [0.29, 0.717) is 34.7 Å². The Balaban J connectivity index is 1.93. The molecule has 0 saturated carbocycles. The van der Waals surface area contributed by atoms with E-state index in [-0.39, 0.29) is 12.3 Å². The average Bonchev–Trinajstić information content (AvgIpc) is 2.66. The lowest BCUT2D eigenvalue weighted by Crippen LogP contribution is -2.28. The number of carbonyl (C=O) groups is 1. The van der Waals surface area contributed by atoms with Crippen LogP contribution in [0.3, 0.4) is 0 Å². The van der Waals surface area contributed by atoms with Gasteiger partial charge in [0.15, 0.2) is 0 Å². The Hall–Kier alpha value is -2.65. The highest BCUT2D eigenvalue weighted by molar-refractivity contribution is 7.89. The van der Waals surface area contributed by atoms with Crippen LogP contribution in [0.4, 0.5) is 10.1 Å². The first-order valence-corrected chi connectivity index (χ1v) is 10.1. The summed E-state index contributed by atoms with van der Waals surface area (Å²) in [5.74, 6) is -0.139. The van der Waals surface area contributed by atoms with Crippen LogP contribution in [0.15, 0.2) is 35.2 Å². The number of methoxy groups -OCH3 is 2. The minimum atomic E-state index is -4.16. The number of nitrogens with one attached hydrogen (secondary N) is 2. The molecule has 9 heteroatoms. The zero-order valence-corrected chi connectivity index (χ0v) is 16.5. The molecule has 1 amide bonds. The molecule has 0 fully saturated rings. The predicted octanol–water partition coefficient (Wildman–Crippen LogP) is 2.77. The van der Waals surface area contributed by atoms with Crippen LogP contribution in [-0.2, 0) is 21.2 Å². The molecule has 150 valence electrons. The van der Waals surface area contributed by atoms with Gasteiger partial charge in [0.05, 0.1) is 14.2 Å². The molecule has 3 rings (SSSR count). The molecule has 0 radical (unpaired) electrons. The summed E-state index contributed by atoms with van der Waals surface area (Å²) < 4.78 is 53.1. The maximum absolute atomic E-state index is 14.5. The standard InChI is InChI=1S/C19H21FN2O5S/c1-11(14-9-13(26-2)5-6-17(14)27-3)22-28(24,25)18-8-12-4-7-19(23)21-16(12)10-15(18)20/h5-6,8-11,22H,4,7H2,1-3H3,(H,21,23). The Kier molecular flexibility index (Phi) is 5.57. The molecule has 1 heterocycles. The molecule has 1 aliphatic rings. The Morgan fingerprint density at radius 1 is 1.14 bits per heavy atom. The number of sulfonamides is 1. The normalized spacial score (nSPS) is 14.8. The molecule has 0 bridgehead atoms. The maximum atomic E-state index is 14.5. The highest BCUT2D eigenvalue weighted by Crippen LogP contribution is 2.32. The van der Waals surface area contributed by atoms with Gasteiger partial charge in [-0.1, -0.05) is 0 Å². The number of halogens is 1. The fourth-order valence-electron chi connectivity index (χ4n) is 3.12. The summed E-state index contributed by atoms with van der Waals surface area (Å²) in [5, 5.41) is 2.55. The van der Waals surface area contributed by atoms with Crippen molar-refractivity contribution in [3.8, 4) is 11.5 Å². The molecular weight excluding hydrogens is 387 g/mol. The zero-order valence-electron chi connectivity index (χ0n) is 15.7. The fourth-order valence-corrected chi connectivity index (χ4v) is 4.46. The molecule has 2 aromatic rings. The number of carbonyl (C=O) groups excluding carboxylic acids is 1. The topological polar surface area (TPSA) is 93.7 Å². The monoisotopic (exact) mass is 408 g/mol. The van der Waals surface area contributed by atoms with Gasteiger partial charge in [0, 0.05) is 23.7 Å². The van der Waals surface area contributed by atoms with Crippen LogP contribution >= 0.6 is 0 Å². The number of benzene rings is 2. The van der Waals surface area contributed by atoms with Gasteiger partial charge in [-0.3, -0.25) is 4.79 Å². The third-order valence-electron chi connectivity index (χ3n) is 4.58. The van der Waals surface area contributed by atoms with E-state index >= 15 is 0 Å². The van der Waals surface area contributed by atoms with E-state index in [9.17, 15) is 17.6 Å². The van der Waals surface area contributed by atoms with E-state index in [1.807, 2.05) is 0 Å². The number of rotatable bonds is 6. The summed E-state index contributed by atoms with van der Waals surface area (Å²) in [5.41, 5.74) is 1.43. The number of aryl methyl sites for hydroxylation is 1. The smallest absolute Gasteiger partial charge is 0.244 e. The third-order valence-corrected chi connectivity index (χ3v) is 6.13. The van der Waals surface area contributed by atoms with Crippen molar-refractivity contribution in [1.82, 2.24) is 4.72 Å². The number of hydrogen-bond donors (Lipinski definition) is 2. The molecule has 0 aliphatic carbocycles. The molecule has 0 saturated heterocycles. The lowest BCUT2D eigenvalue weighted by atomic mass is 10.0. The Morgan fingerprint density at radius 2 is 1.89 bits per heavy atom. The van der Waals surface area contributed by atoms with Gasteiger partial charge in [-0.05, 0) is 49.2 Å². The molecule has 2 N–H and O–H groups in total. The largest absolute Gasteiger partial charge is 0.497 e. The minimum absolute atomic E-state index is 0.223. The van der Waals surface area contributed by atoms with E-state index in [4.69, 9.17) is 9.47 Å². The van der Waals surface area contributed by atoms with E-state index in [1.54, 1.807) is 25.1 Å². The summed E-state index contributed by atoms with van der Waals surface area (Å²) in [4.78, 5) is 11.0. The van der Waals surface area contributed by atoms with Gasteiger partial charge in [-0.25, -0.2) is 17.5 Å². The highest BCUT2D eigenvalue weighted by atomic mass is 32.2. The van der Waals surface area contributed by atoms with Crippen LogP contribution in [0.5, 0.6) is 11.5 Å². The molecular formula is C19H21FN2O5S. The van der Waals surface area contributed by atoms with Crippen LogP contribution in [0.25, 0.3) is 0 Å². The SMILES string of the molecule is COc1ccc(OC)c(C(C)NS(=O)(=O)c2cc3c(cc2F)NC(=O)CC3)c1. The first-order chi connectivity index (χ1) is 13.2. The van der Waals surface area contributed by atoms with Gasteiger partial charge in [0.25, 0.3) is 0 Å². The van der Waals surface area contributed by atoms with Crippen LogP contribution < -0.4 is 19.5 Å². The van der Waals surface area contributed by atoms with Gasteiger partial charge in [-0.15, -0.1) is 0 Å². The quantitative estimate of drug-likeness (QED) is 0.767. The van der Waals surface area contributed by atoms with Crippen molar-refractivity contribution in [2.75, 3.05) is 19.5 Å². The van der Waals surface area contributed by atoms with Crippen molar-refractivity contribution in [3.63, 3.8) is 0 Å². The molecule has 1 aliphatic heterocycles. The van der Waals surface area contributed by atoms with Crippen LogP contribution in [0.1, 0.15) is 30.5 Å². The second-order valence-corrected chi connectivity index (χ2v) is 8.12. The van der Waals surface area contributed by atoms with Crippen LogP contribution in [0.2, 0.25) is 0 Å². The van der Waals surface area contributed by atoms with Crippen molar-refractivity contribution >= 4 is 21.6 Å². The zero-order chi connectivity index (χ0) is 20.5. The molecule has 0 aromatic heterocycles. The molecule has 0 spiro atoms.